The zero-order valence-electron chi connectivity index (χ0n) is 64.9. The summed E-state index contributed by atoms with van der Waals surface area (Å²) in [5.41, 5.74) is 3.11. The van der Waals surface area contributed by atoms with Gasteiger partial charge in [0.05, 0.1) is 92.6 Å². The van der Waals surface area contributed by atoms with Crippen molar-refractivity contribution in [3.8, 4) is 49.0 Å². The van der Waals surface area contributed by atoms with Gasteiger partial charge < -0.3 is 57.2 Å². The smallest absolute Gasteiger partial charge is 0.274 e. The molecule has 12 aromatic rings. The highest BCUT2D eigenvalue weighted by Gasteiger charge is 2.48. The molecule has 0 spiro atoms. The number of halogens is 7. The van der Waals surface area contributed by atoms with Crippen LogP contribution in [0.3, 0.4) is 0 Å². The monoisotopic (exact) mass is 1810 g/mol. The Balaban J connectivity index is 0.000000138. The molecule has 0 saturated carbocycles. The Bertz CT molecular complexity index is 5990. The SMILES string of the molecule is CCC(c1nnc(-c2cn3c(c(OCc4ccccc4)c2=O)C(=O)N(CC)[C@H]2COCC23)s1)c1ccc(F)cc1F.CCI.CCN1C(=O)c2c(OCc3ccccc3)c(=O)c(-c3nnc(Cc4ccc(F)cc4F)s3)cn2C2COC[C@@H]21.O=C1N[C@H]2COCC2n2cc(-c3nnc(Cc4ccc(F)cc4F)s3)c(=O)c(OCc3ccccc3)c21. The van der Waals surface area contributed by atoms with E-state index in [4.69, 9.17) is 28.4 Å². The van der Waals surface area contributed by atoms with Crippen LogP contribution in [0, 0.1) is 34.9 Å². The first-order chi connectivity index (χ1) is 58.2. The Morgan fingerprint density at radius 3 is 1.24 bits per heavy atom. The summed E-state index contributed by atoms with van der Waals surface area (Å²) in [5.74, 6) is -5.64. The van der Waals surface area contributed by atoms with Crippen molar-refractivity contribution in [1.29, 1.82) is 0 Å². The van der Waals surface area contributed by atoms with Crippen molar-refractivity contribution in [2.24, 2.45) is 0 Å². The van der Waals surface area contributed by atoms with E-state index < -0.39 is 63.0 Å². The van der Waals surface area contributed by atoms with E-state index in [1.807, 2.05) is 112 Å². The molecule has 3 fully saturated rings. The first-order valence-corrected chi connectivity index (χ1v) is 42.6. The molecule has 34 heteroatoms. The third kappa shape index (κ3) is 17.5. The number of rotatable bonds is 21. The summed E-state index contributed by atoms with van der Waals surface area (Å²) in [4.78, 5) is 85.3. The van der Waals surface area contributed by atoms with Gasteiger partial charge in [-0.05, 0) is 76.3 Å². The maximum atomic E-state index is 14.7. The summed E-state index contributed by atoms with van der Waals surface area (Å²) in [5, 5.41) is 30.5. The summed E-state index contributed by atoms with van der Waals surface area (Å²) >= 11 is 5.71. The number of hydrogen-bond acceptors (Lipinski definition) is 21. The van der Waals surface area contributed by atoms with Gasteiger partial charge in [-0.15, -0.1) is 30.6 Å². The van der Waals surface area contributed by atoms with E-state index in [1.54, 1.807) is 42.1 Å². The number of ether oxygens (including phenoxy) is 6. The van der Waals surface area contributed by atoms with Crippen LogP contribution in [0.25, 0.3) is 31.7 Å². The molecule has 120 heavy (non-hydrogen) atoms. The molecule has 24 nitrogen and oxygen atoms in total. The van der Waals surface area contributed by atoms with Gasteiger partial charge in [0, 0.05) is 68.6 Å². The molecular formula is C86H77F6IN12O12S3. The third-order valence-electron chi connectivity index (χ3n) is 21.2. The van der Waals surface area contributed by atoms with Crippen molar-refractivity contribution in [1.82, 2.24) is 59.4 Å². The highest BCUT2D eigenvalue weighted by molar-refractivity contribution is 14.1. The first kappa shape index (κ1) is 83.9. The zero-order chi connectivity index (χ0) is 84.0. The van der Waals surface area contributed by atoms with Gasteiger partial charge in [0.2, 0.25) is 16.3 Å². The van der Waals surface area contributed by atoms with E-state index in [-0.39, 0.29) is 143 Å². The minimum absolute atomic E-state index is 0.0477. The van der Waals surface area contributed by atoms with Gasteiger partial charge in [0.1, 0.15) is 69.7 Å². The van der Waals surface area contributed by atoms with Gasteiger partial charge in [-0.2, -0.15) is 0 Å². The average molecular weight is 1810 g/mol. The molecule has 6 aliphatic rings. The first-order valence-electron chi connectivity index (χ1n) is 38.7. The second kappa shape index (κ2) is 37.2. The van der Waals surface area contributed by atoms with E-state index in [2.05, 4.69) is 65.4 Å². The largest absolute Gasteiger partial charge is 0.483 e. The molecule has 6 aromatic heterocycles. The van der Waals surface area contributed by atoms with Crippen LogP contribution in [0.15, 0.2) is 179 Å². The number of amides is 3. The summed E-state index contributed by atoms with van der Waals surface area (Å²) < 4.78 is 125. The molecule has 3 saturated heterocycles. The van der Waals surface area contributed by atoms with Crippen LogP contribution in [-0.2, 0) is 46.9 Å². The summed E-state index contributed by atoms with van der Waals surface area (Å²) in [7, 11) is 0. The average Bonchev–Trinajstić information content (AvgIpc) is 1.44. The molecule has 620 valence electrons. The number of alkyl halides is 1. The quantitative estimate of drug-likeness (QED) is 0.0398. The highest BCUT2D eigenvalue weighted by Crippen LogP contribution is 2.42. The predicted molar refractivity (Wildman–Crippen MR) is 444 cm³/mol. The molecule has 0 bridgehead atoms. The molecule has 12 heterocycles. The van der Waals surface area contributed by atoms with Gasteiger partial charge in [-0.1, -0.05) is 180 Å². The Morgan fingerprint density at radius 1 is 0.450 bits per heavy atom. The van der Waals surface area contributed by atoms with E-state index in [0.717, 1.165) is 57.6 Å². The number of hydrogen-bond donors (Lipinski definition) is 1. The molecule has 18 rings (SSSR count). The number of carbonyl (C=O) groups is 3. The Hall–Kier alpha value is -11.2. The fourth-order valence-electron chi connectivity index (χ4n) is 15.3. The molecule has 0 aliphatic carbocycles. The predicted octanol–water partition coefficient (Wildman–Crippen LogP) is 14.4. The fraction of sp³-hybridized carbons (Fsp3) is 0.302. The van der Waals surface area contributed by atoms with E-state index >= 15 is 0 Å². The minimum Gasteiger partial charge on any atom is -0.483 e. The summed E-state index contributed by atoms with van der Waals surface area (Å²) in [6.45, 7) is 11.3. The Labute approximate surface area is 708 Å². The van der Waals surface area contributed by atoms with Crippen molar-refractivity contribution in [2.75, 3.05) is 57.2 Å². The van der Waals surface area contributed by atoms with Crippen molar-refractivity contribution in [3.05, 3.63) is 295 Å². The maximum absolute atomic E-state index is 14.7. The summed E-state index contributed by atoms with van der Waals surface area (Å²) in [6, 6.07) is 37.1. The van der Waals surface area contributed by atoms with Crippen molar-refractivity contribution < 1.29 is 69.1 Å². The maximum Gasteiger partial charge on any atom is 0.274 e. The number of carbonyl (C=O) groups excluding carboxylic acids is 3. The van der Waals surface area contributed by atoms with Gasteiger partial charge in [0.15, 0.2) is 49.4 Å². The van der Waals surface area contributed by atoms with Crippen molar-refractivity contribution in [2.45, 2.75) is 109 Å². The van der Waals surface area contributed by atoms with Crippen molar-refractivity contribution in [3.63, 3.8) is 0 Å². The lowest BCUT2D eigenvalue weighted by atomic mass is 9.97. The Kier molecular flexibility index (Phi) is 26.0. The Morgan fingerprint density at radius 2 is 0.825 bits per heavy atom. The normalized spacial score (nSPS) is 18.1. The minimum atomic E-state index is -0.680. The van der Waals surface area contributed by atoms with Crippen LogP contribution in [0.4, 0.5) is 26.3 Å². The standard InChI is InChI=1S/C30H28F2N4O4S.C28H24F2N4O4S.C26H20F2N4O4S.C2H5I/c1-3-19(20-11-10-18(31)12-22(20)32)28-33-34-29(41-28)21-13-36-24-16-39-15-23(24)35(4-2)30(38)25(36)27(26(21)37)40-14-17-8-6-5-7-9-17;1-2-33-21-14-37-15-22(21)34-12-19(27-32-31-23(39-27)10-17-8-9-18(29)11-20(17)30)25(35)26(24(34)28(33)36)38-13-16-6-4-3-5-7-16;27-16-7-6-15(18(28)9-16)8-21-30-31-26(37-21)17-10-32-20-13-35-12-19(20)29-25(34)22(32)24(23(17)33)36-11-14-4-2-1-3-5-14;1-2-3/h5-13,19,23-24H,3-4,14-16H2,1-2H3;3-9,11-12,21-22H,2,10,13-15H2,1H3;1-7,9-10,19-20H,8,11-13H2,(H,29,34);2H2,1H3/t19?,23-,24?;21-,22?;19-,20?;/m000./s1. The van der Waals surface area contributed by atoms with Crippen molar-refractivity contribution >= 4 is 74.3 Å². The van der Waals surface area contributed by atoms with E-state index in [9.17, 15) is 55.1 Å². The lowest BCUT2D eigenvalue weighted by Crippen LogP contribution is -2.51. The number of pyridine rings is 3. The lowest BCUT2D eigenvalue weighted by molar-refractivity contribution is 0.0561. The zero-order valence-corrected chi connectivity index (χ0v) is 69.5. The van der Waals surface area contributed by atoms with Crippen LogP contribution in [-0.4, -0.2) is 147 Å². The molecular weight excluding hydrogens is 1730 g/mol. The molecule has 6 aliphatic heterocycles. The highest BCUT2D eigenvalue weighted by atomic mass is 127. The number of nitrogens with one attached hydrogen (secondary N) is 1. The van der Waals surface area contributed by atoms with Crippen LogP contribution >= 0.6 is 56.6 Å². The van der Waals surface area contributed by atoms with E-state index in [1.165, 1.54) is 52.2 Å². The van der Waals surface area contributed by atoms with Gasteiger partial charge in [0.25, 0.3) is 17.7 Å². The number of nitrogens with zero attached hydrogens (tertiary/aromatic N) is 11. The number of likely N-dealkylation sites (N-methyl/N-ethyl adjacent to an activating group) is 2. The van der Waals surface area contributed by atoms with E-state index in [0.29, 0.717) is 94.8 Å². The van der Waals surface area contributed by atoms with Gasteiger partial charge >= 0.3 is 0 Å². The second-order valence-electron chi connectivity index (χ2n) is 28.6. The number of aromatic nitrogens is 9. The topological polar surface area (TPSA) is 268 Å². The fourth-order valence-corrected chi connectivity index (χ4v) is 18.1. The molecule has 0 radical (unpaired) electrons. The van der Waals surface area contributed by atoms with Crippen LogP contribution in [0.1, 0.15) is 138 Å². The molecule has 4 unspecified atom stereocenters. The van der Waals surface area contributed by atoms with Gasteiger partial charge in [-0.3, -0.25) is 28.8 Å². The number of benzene rings is 6. The summed E-state index contributed by atoms with van der Waals surface area (Å²) in [6.07, 6.45) is 5.56. The molecule has 7 atom stereocenters. The third-order valence-corrected chi connectivity index (χ3v) is 24.2. The number of fused-ring (bicyclic) bond motifs is 9. The lowest BCUT2D eigenvalue weighted by Gasteiger charge is -2.39. The van der Waals surface area contributed by atoms with Gasteiger partial charge in [-0.25, -0.2) is 26.3 Å². The second-order valence-corrected chi connectivity index (χ2v) is 33.2. The molecule has 6 aromatic carbocycles. The van der Waals surface area contributed by atoms with Crippen LogP contribution in [0.5, 0.6) is 17.2 Å². The van der Waals surface area contributed by atoms with Crippen LogP contribution < -0.4 is 35.8 Å². The molecule has 1 N–H and O–H groups in total. The van der Waals surface area contributed by atoms with Crippen LogP contribution in [0.2, 0.25) is 0 Å². The molecule has 3 amide bonds.